The zero-order valence-corrected chi connectivity index (χ0v) is 19.8. The molecule has 1 aliphatic rings. The Morgan fingerprint density at radius 1 is 0.743 bits per heavy atom. The van der Waals surface area contributed by atoms with Crippen LogP contribution in [-0.2, 0) is 0 Å². The molecular weight excluding hydrogens is 426 g/mol. The summed E-state index contributed by atoms with van der Waals surface area (Å²) in [4.78, 5) is 0. The van der Waals surface area contributed by atoms with Gasteiger partial charge in [0.1, 0.15) is 0 Å². The molecule has 4 aromatic rings. The van der Waals surface area contributed by atoms with E-state index in [0.717, 1.165) is 45.9 Å². The molecule has 1 atom stereocenters. The summed E-state index contributed by atoms with van der Waals surface area (Å²) in [5.41, 5.74) is 9.79. The molecule has 0 amide bonds. The highest BCUT2D eigenvalue weighted by Crippen LogP contribution is 2.42. The summed E-state index contributed by atoms with van der Waals surface area (Å²) >= 11 is 0. The first kappa shape index (κ1) is 22.4. The van der Waals surface area contributed by atoms with Crippen LogP contribution in [0.5, 0.6) is 0 Å². The Bertz CT molecular complexity index is 1390. The van der Waals surface area contributed by atoms with Crippen molar-refractivity contribution in [3.05, 3.63) is 126 Å². The summed E-state index contributed by atoms with van der Waals surface area (Å²) in [5, 5.41) is 15.0. The van der Waals surface area contributed by atoms with Crippen LogP contribution >= 0.6 is 0 Å². The molecule has 0 bridgehead atoms. The standard InChI is InChI=1S/C32H29N3/c1-23-11-8-9-18-28(23)30-20-29(25-13-4-2-5-14-25)31(35-27-17-10-12-24(19-27)22-33)21-32(30)34-26-15-6-3-7-16-26/h2-10,12-23,33-35H,11H2,1H3. The van der Waals surface area contributed by atoms with E-state index in [0.29, 0.717) is 5.92 Å². The number of benzene rings is 4. The minimum atomic E-state index is 0.433. The van der Waals surface area contributed by atoms with E-state index in [1.807, 2.05) is 48.5 Å². The second kappa shape index (κ2) is 10.3. The van der Waals surface area contributed by atoms with Crippen LogP contribution in [0.25, 0.3) is 16.7 Å². The van der Waals surface area contributed by atoms with Crippen molar-refractivity contribution in [3.8, 4) is 11.1 Å². The van der Waals surface area contributed by atoms with Gasteiger partial charge in [-0.15, -0.1) is 0 Å². The van der Waals surface area contributed by atoms with Gasteiger partial charge < -0.3 is 16.0 Å². The van der Waals surface area contributed by atoms with E-state index in [2.05, 4.69) is 84.3 Å². The Balaban J connectivity index is 1.69. The summed E-state index contributed by atoms with van der Waals surface area (Å²) < 4.78 is 0. The lowest BCUT2D eigenvalue weighted by atomic mass is 9.85. The molecular formula is C32H29N3. The van der Waals surface area contributed by atoms with Crippen LogP contribution in [0.4, 0.5) is 22.7 Å². The molecule has 0 aliphatic heterocycles. The molecule has 1 unspecified atom stereocenters. The highest BCUT2D eigenvalue weighted by atomic mass is 14.9. The number of hydrogen-bond acceptors (Lipinski definition) is 3. The van der Waals surface area contributed by atoms with E-state index in [9.17, 15) is 0 Å². The van der Waals surface area contributed by atoms with Crippen molar-refractivity contribution >= 4 is 34.5 Å². The van der Waals surface area contributed by atoms with Crippen LogP contribution in [0.3, 0.4) is 0 Å². The molecule has 0 aromatic heterocycles. The monoisotopic (exact) mass is 455 g/mol. The highest BCUT2D eigenvalue weighted by molar-refractivity contribution is 5.92. The third-order valence-electron chi connectivity index (χ3n) is 6.37. The first-order valence-corrected chi connectivity index (χ1v) is 12.0. The van der Waals surface area contributed by atoms with Gasteiger partial charge in [-0.25, -0.2) is 0 Å². The normalized spacial score (nSPS) is 14.8. The molecule has 35 heavy (non-hydrogen) atoms. The van der Waals surface area contributed by atoms with Gasteiger partial charge in [0.15, 0.2) is 0 Å². The van der Waals surface area contributed by atoms with Crippen LogP contribution in [0.2, 0.25) is 0 Å². The predicted octanol–water partition coefficient (Wildman–Crippen LogP) is 8.82. The Morgan fingerprint density at radius 2 is 1.43 bits per heavy atom. The van der Waals surface area contributed by atoms with Crippen molar-refractivity contribution in [1.29, 1.82) is 5.41 Å². The van der Waals surface area contributed by atoms with E-state index in [1.165, 1.54) is 17.4 Å². The van der Waals surface area contributed by atoms with Gasteiger partial charge in [0, 0.05) is 40.1 Å². The molecule has 0 fully saturated rings. The van der Waals surface area contributed by atoms with Crippen LogP contribution in [0.15, 0.2) is 115 Å². The predicted molar refractivity (Wildman–Crippen MR) is 150 cm³/mol. The first-order valence-electron chi connectivity index (χ1n) is 12.0. The van der Waals surface area contributed by atoms with Crippen molar-refractivity contribution < 1.29 is 0 Å². The number of rotatable bonds is 7. The van der Waals surface area contributed by atoms with Crippen molar-refractivity contribution in [2.45, 2.75) is 13.3 Å². The maximum Gasteiger partial charge on any atom is 0.0485 e. The molecule has 3 heteroatoms. The lowest BCUT2D eigenvalue weighted by Gasteiger charge is -2.24. The average molecular weight is 456 g/mol. The quantitative estimate of drug-likeness (QED) is 0.244. The number of para-hydroxylation sites is 1. The molecule has 0 spiro atoms. The Kier molecular flexibility index (Phi) is 6.58. The van der Waals surface area contributed by atoms with Gasteiger partial charge in [-0.2, -0.15) is 0 Å². The summed E-state index contributed by atoms with van der Waals surface area (Å²) in [7, 11) is 0. The van der Waals surface area contributed by atoms with E-state index in [4.69, 9.17) is 5.41 Å². The van der Waals surface area contributed by atoms with Crippen molar-refractivity contribution in [2.24, 2.45) is 5.92 Å². The molecule has 3 nitrogen and oxygen atoms in total. The minimum Gasteiger partial charge on any atom is -0.355 e. The fourth-order valence-corrected chi connectivity index (χ4v) is 4.54. The zero-order chi connectivity index (χ0) is 24.0. The summed E-state index contributed by atoms with van der Waals surface area (Å²) in [6.07, 6.45) is 9.06. The fourth-order valence-electron chi connectivity index (χ4n) is 4.54. The van der Waals surface area contributed by atoms with Gasteiger partial charge in [-0.05, 0) is 65.4 Å². The van der Waals surface area contributed by atoms with Crippen LogP contribution < -0.4 is 10.6 Å². The summed E-state index contributed by atoms with van der Waals surface area (Å²) in [5.74, 6) is 0.433. The van der Waals surface area contributed by atoms with E-state index in [-0.39, 0.29) is 0 Å². The Hall–Kier alpha value is -4.37. The fraction of sp³-hybridized carbons (Fsp3) is 0.0938. The number of nitrogens with one attached hydrogen (secondary N) is 3. The zero-order valence-electron chi connectivity index (χ0n) is 19.8. The first-order chi connectivity index (χ1) is 17.2. The Morgan fingerprint density at radius 3 is 2.17 bits per heavy atom. The molecule has 0 saturated heterocycles. The molecule has 0 saturated carbocycles. The molecule has 0 heterocycles. The maximum atomic E-state index is 7.64. The lowest BCUT2D eigenvalue weighted by molar-refractivity contribution is 0.759. The average Bonchev–Trinajstić information content (AvgIpc) is 2.90. The molecule has 172 valence electrons. The van der Waals surface area contributed by atoms with Crippen molar-refractivity contribution in [1.82, 2.24) is 0 Å². The highest BCUT2D eigenvalue weighted by Gasteiger charge is 2.19. The molecule has 0 radical (unpaired) electrons. The Labute approximate surface area is 207 Å². The van der Waals surface area contributed by atoms with Gasteiger partial charge >= 0.3 is 0 Å². The van der Waals surface area contributed by atoms with Crippen molar-refractivity contribution in [3.63, 3.8) is 0 Å². The SMILES string of the molecule is CC1CC=CC=C1c1cc(-c2ccccc2)c(Nc2cccc(C=N)c2)cc1Nc1ccccc1. The number of hydrogen-bond donors (Lipinski definition) is 3. The third kappa shape index (κ3) is 5.10. The summed E-state index contributed by atoms with van der Waals surface area (Å²) in [6.45, 7) is 2.29. The minimum absolute atomic E-state index is 0.433. The molecule has 5 rings (SSSR count). The van der Waals surface area contributed by atoms with E-state index < -0.39 is 0 Å². The second-order valence-corrected chi connectivity index (χ2v) is 8.88. The lowest BCUT2D eigenvalue weighted by Crippen LogP contribution is -2.06. The van der Waals surface area contributed by atoms with Gasteiger partial charge in [0.2, 0.25) is 0 Å². The van der Waals surface area contributed by atoms with E-state index >= 15 is 0 Å². The van der Waals surface area contributed by atoms with Gasteiger partial charge in [0.05, 0.1) is 0 Å². The van der Waals surface area contributed by atoms with E-state index in [1.54, 1.807) is 0 Å². The van der Waals surface area contributed by atoms with Crippen molar-refractivity contribution in [2.75, 3.05) is 10.6 Å². The topological polar surface area (TPSA) is 47.9 Å². The van der Waals surface area contributed by atoms with Gasteiger partial charge in [0.25, 0.3) is 0 Å². The second-order valence-electron chi connectivity index (χ2n) is 8.88. The van der Waals surface area contributed by atoms with Gasteiger partial charge in [-0.3, -0.25) is 0 Å². The third-order valence-corrected chi connectivity index (χ3v) is 6.37. The summed E-state index contributed by atoms with van der Waals surface area (Å²) in [6, 6.07) is 33.3. The van der Waals surface area contributed by atoms with Crippen LogP contribution in [0.1, 0.15) is 24.5 Å². The molecule has 1 aliphatic carbocycles. The molecule has 3 N–H and O–H groups in total. The van der Waals surface area contributed by atoms with Crippen LogP contribution in [0, 0.1) is 11.3 Å². The number of anilines is 4. The largest absolute Gasteiger partial charge is 0.355 e. The van der Waals surface area contributed by atoms with Gasteiger partial charge in [-0.1, -0.05) is 85.8 Å². The molecule has 4 aromatic carbocycles. The van der Waals surface area contributed by atoms with Crippen LogP contribution in [-0.4, -0.2) is 6.21 Å². The smallest absolute Gasteiger partial charge is 0.0485 e. The maximum absolute atomic E-state index is 7.64. The number of allylic oxidation sites excluding steroid dienone is 4.